The van der Waals surface area contributed by atoms with Crippen molar-refractivity contribution in [2.24, 2.45) is 5.73 Å². The first kappa shape index (κ1) is 19.0. The molecule has 2 rings (SSSR count). The zero-order chi connectivity index (χ0) is 18.3. The molecule has 0 saturated carbocycles. The maximum absolute atomic E-state index is 12.2. The fraction of sp³-hybridized carbons (Fsp3) is 0.353. The Hall–Kier alpha value is -2.32. The molecule has 2 aromatic rings. The zero-order valence-electron chi connectivity index (χ0n) is 14.0. The van der Waals surface area contributed by atoms with Crippen LogP contribution in [0.3, 0.4) is 0 Å². The van der Waals surface area contributed by atoms with Crippen molar-refractivity contribution in [1.82, 2.24) is 9.97 Å². The average molecular weight is 363 g/mol. The van der Waals surface area contributed by atoms with E-state index in [2.05, 4.69) is 9.97 Å². The molecule has 2 N–H and O–H groups in total. The number of carbonyl (C=O) groups excluding carboxylic acids is 1. The van der Waals surface area contributed by atoms with Gasteiger partial charge in [0.15, 0.2) is 5.78 Å². The Morgan fingerprint density at radius 2 is 2.04 bits per heavy atom. The summed E-state index contributed by atoms with van der Waals surface area (Å²) >= 11 is 0. The van der Waals surface area contributed by atoms with E-state index >= 15 is 0 Å². The summed E-state index contributed by atoms with van der Waals surface area (Å²) in [6.07, 6.45) is 3.07. The zero-order valence-corrected chi connectivity index (χ0v) is 14.8. The van der Waals surface area contributed by atoms with Crippen LogP contribution in [0.1, 0.15) is 34.5 Å². The summed E-state index contributed by atoms with van der Waals surface area (Å²) in [5.74, 6) is 0.344. The van der Waals surface area contributed by atoms with Gasteiger partial charge < -0.3 is 10.5 Å². The third-order valence-electron chi connectivity index (χ3n) is 3.46. The van der Waals surface area contributed by atoms with Gasteiger partial charge in [-0.15, -0.1) is 0 Å². The monoisotopic (exact) mass is 363 g/mol. The molecule has 0 aliphatic carbocycles. The minimum absolute atomic E-state index is 0.0126. The van der Waals surface area contributed by atoms with E-state index < -0.39 is 9.84 Å². The Morgan fingerprint density at radius 3 is 2.76 bits per heavy atom. The van der Waals surface area contributed by atoms with Crippen molar-refractivity contribution in [1.29, 1.82) is 0 Å². The third kappa shape index (κ3) is 6.60. The summed E-state index contributed by atoms with van der Waals surface area (Å²) in [5.41, 5.74) is 7.57. The summed E-state index contributed by atoms with van der Waals surface area (Å²) in [7, 11) is -3.05. The highest BCUT2D eigenvalue weighted by Crippen LogP contribution is 2.13. The lowest BCUT2D eigenvalue weighted by Crippen LogP contribution is -2.07. The van der Waals surface area contributed by atoms with Gasteiger partial charge in [0.25, 0.3) is 0 Å². The maximum atomic E-state index is 12.2. The van der Waals surface area contributed by atoms with Crippen molar-refractivity contribution in [3.05, 3.63) is 53.5 Å². The highest BCUT2D eigenvalue weighted by atomic mass is 32.2. The molecular formula is C17H21N3O4S. The average Bonchev–Trinajstić information content (AvgIpc) is 2.59. The van der Waals surface area contributed by atoms with Crippen LogP contribution in [0.25, 0.3) is 0 Å². The maximum Gasteiger partial charge on any atom is 0.216 e. The standard InChI is InChI=1S/C17H21N3O4S/c1-25(22,23)7-3-6-16(21)14-5-2-4-13(8-14)11-24-17-9-15(10-18)19-12-20-17/h2,4-5,8-9,12H,3,6-7,10-11,18H2,1H3. The number of rotatable bonds is 9. The van der Waals surface area contributed by atoms with Crippen molar-refractivity contribution in [3.8, 4) is 5.88 Å². The van der Waals surface area contributed by atoms with Crippen molar-refractivity contribution in [2.45, 2.75) is 26.0 Å². The van der Waals surface area contributed by atoms with E-state index in [1.807, 2.05) is 6.07 Å². The van der Waals surface area contributed by atoms with Gasteiger partial charge in [-0.2, -0.15) is 0 Å². The number of ketones is 1. The third-order valence-corrected chi connectivity index (χ3v) is 4.49. The smallest absolute Gasteiger partial charge is 0.216 e. The molecule has 0 aliphatic heterocycles. The molecule has 0 aliphatic rings. The number of nitrogens with zero attached hydrogens (tertiary/aromatic N) is 2. The number of nitrogens with two attached hydrogens (primary N) is 1. The fourth-order valence-electron chi connectivity index (χ4n) is 2.20. The second-order valence-corrected chi connectivity index (χ2v) is 7.96. The van der Waals surface area contributed by atoms with Crippen LogP contribution in [0, 0.1) is 0 Å². The van der Waals surface area contributed by atoms with Crippen LogP contribution in [0.15, 0.2) is 36.7 Å². The van der Waals surface area contributed by atoms with E-state index in [0.717, 1.165) is 5.56 Å². The Kier molecular flexibility index (Phi) is 6.60. The largest absolute Gasteiger partial charge is 0.473 e. The molecule has 0 radical (unpaired) electrons. The van der Waals surface area contributed by atoms with Gasteiger partial charge in [0.1, 0.15) is 22.8 Å². The molecule has 1 aromatic carbocycles. The van der Waals surface area contributed by atoms with E-state index in [9.17, 15) is 13.2 Å². The Balaban J connectivity index is 1.94. The molecule has 0 saturated heterocycles. The fourth-order valence-corrected chi connectivity index (χ4v) is 2.87. The number of Topliss-reactive ketones (excluding diaryl/α,β-unsaturated/α-hetero) is 1. The van der Waals surface area contributed by atoms with Gasteiger partial charge in [-0.25, -0.2) is 18.4 Å². The van der Waals surface area contributed by atoms with E-state index in [-0.39, 0.29) is 24.6 Å². The topological polar surface area (TPSA) is 112 Å². The highest BCUT2D eigenvalue weighted by Gasteiger charge is 2.09. The minimum atomic E-state index is -3.05. The van der Waals surface area contributed by atoms with Gasteiger partial charge in [0, 0.05) is 30.9 Å². The summed E-state index contributed by atoms with van der Waals surface area (Å²) < 4.78 is 27.8. The molecule has 0 unspecified atom stereocenters. The first-order chi connectivity index (χ1) is 11.9. The molecule has 0 amide bonds. The molecule has 1 heterocycles. The summed E-state index contributed by atoms with van der Waals surface area (Å²) in [4.78, 5) is 20.2. The summed E-state index contributed by atoms with van der Waals surface area (Å²) in [6, 6.07) is 8.74. The van der Waals surface area contributed by atoms with Crippen molar-refractivity contribution >= 4 is 15.6 Å². The first-order valence-electron chi connectivity index (χ1n) is 7.81. The van der Waals surface area contributed by atoms with E-state index in [4.69, 9.17) is 10.5 Å². The van der Waals surface area contributed by atoms with Crippen LogP contribution < -0.4 is 10.5 Å². The number of benzene rings is 1. The van der Waals surface area contributed by atoms with Crippen LogP contribution in [-0.4, -0.2) is 36.2 Å². The Labute approximate surface area is 147 Å². The predicted molar refractivity (Wildman–Crippen MR) is 94.0 cm³/mol. The van der Waals surface area contributed by atoms with E-state index in [0.29, 0.717) is 30.1 Å². The molecule has 0 atom stereocenters. The molecule has 8 heteroatoms. The predicted octanol–water partition coefficient (Wildman–Crippen LogP) is 1.52. The molecule has 1 aromatic heterocycles. The summed E-state index contributed by atoms with van der Waals surface area (Å²) in [6.45, 7) is 0.557. The number of sulfone groups is 1. The van der Waals surface area contributed by atoms with Gasteiger partial charge in [-0.3, -0.25) is 4.79 Å². The molecule has 7 nitrogen and oxygen atoms in total. The first-order valence-corrected chi connectivity index (χ1v) is 9.87. The van der Waals surface area contributed by atoms with Crippen molar-refractivity contribution in [2.75, 3.05) is 12.0 Å². The highest BCUT2D eigenvalue weighted by molar-refractivity contribution is 7.90. The number of hydrogen-bond donors (Lipinski definition) is 1. The number of hydrogen-bond acceptors (Lipinski definition) is 7. The van der Waals surface area contributed by atoms with E-state index in [1.54, 1.807) is 24.3 Å². The summed E-state index contributed by atoms with van der Waals surface area (Å²) in [5, 5.41) is 0. The lowest BCUT2D eigenvalue weighted by molar-refractivity contribution is 0.0982. The minimum Gasteiger partial charge on any atom is -0.473 e. The van der Waals surface area contributed by atoms with E-state index in [1.165, 1.54) is 12.6 Å². The normalized spacial score (nSPS) is 11.3. The van der Waals surface area contributed by atoms with Crippen LogP contribution >= 0.6 is 0 Å². The molecule has 134 valence electrons. The SMILES string of the molecule is CS(=O)(=O)CCCC(=O)c1cccc(COc2cc(CN)ncn2)c1. The molecule has 0 fully saturated rings. The van der Waals surface area contributed by atoms with Crippen molar-refractivity contribution < 1.29 is 17.9 Å². The number of carbonyl (C=O) groups is 1. The van der Waals surface area contributed by atoms with Crippen LogP contribution in [0.5, 0.6) is 5.88 Å². The second-order valence-electron chi connectivity index (χ2n) is 5.70. The van der Waals surface area contributed by atoms with Crippen LogP contribution in [0.4, 0.5) is 0 Å². The lowest BCUT2D eigenvalue weighted by Gasteiger charge is -2.07. The van der Waals surface area contributed by atoms with Gasteiger partial charge in [-0.1, -0.05) is 18.2 Å². The molecular weight excluding hydrogens is 342 g/mol. The van der Waals surface area contributed by atoms with Crippen molar-refractivity contribution in [3.63, 3.8) is 0 Å². The van der Waals surface area contributed by atoms with Gasteiger partial charge in [0.05, 0.1) is 11.4 Å². The van der Waals surface area contributed by atoms with Gasteiger partial charge >= 0.3 is 0 Å². The number of ether oxygens (including phenoxy) is 1. The van der Waals surface area contributed by atoms with Crippen LogP contribution in [-0.2, 0) is 23.0 Å². The lowest BCUT2D eigenvalue weighted by atomic mass is 10.0. The van der Waals surface area contributed by atoms with Crippen LogP contribution in [0.2, 0.25) is 0 Å². The van der Waals surface area contributed by atoms with Gasteiger partial charge in [0.2, 0.25) is 5.88 Å². The van der Waals surface area contributed by atoms with Gasteiger partial charge in [-0.05, 0) is 18.1 Å². The number of aromatic nitrogens is 2. The molecule has 25 heavy (non-hydrogen) atoms. The quantitative estimate of drug-likeness (QED) is 0.672. The Bertz CT molecular complexity index is 837. The second kappa shape index (κ2) is 8.68. The molecule has 0 spiro atoms. The Morgan fingerprint density at radius 1 is 1.24 bits per heavy atom. The molecule has 0 bridgehead atoms.